The van der Waals surface area contributed by atoms with E-state index in [1.165, 1.54) is 0 Å². The highest BCUT2D eigenvalue weighted by Crippen LogP contribution is 2.27. The van der Waals surface area contributed by atoms with E-state index in [0.717, 1.165) is 11.1 Å². The minimum Gasteiger partial charge on any atom is -0.465 e. The maximum atomic E-state index is 11.9. The Morgan fingerprint density at radius 3 is 2.89 bits per heavy atom. The van der Waals surface area contributed by atoms with Gasteiger partial charge in [-0.3, -0.25) is 4.79 Å². The Bertz CT molecular complexity index is 639. The third-order valence-electron chi connectivity index (χ3n) is 2.93. The van der Waals surface area contributed by atoms with Crippen molar-refractivity contribution in [2.45, 2.75) is 26.2 Å². The van der Waals surface area contributed by atoms with Gasteiger partial charge in [-0.1, -0.05) is 6.07 Å². The summed E-state index contributed by atoms with van der Waals surface area (Å²) in [6, 6.07) is 5.55. The number of fused-ring (bicyclic) bond motifs is 1. The van der Waals surface area contributed by atoms with Crippen LogP contribution in [0.5, 0.6) is 0 Å². The Kier molecular flexibility index (Phi) is 3.26. The molecule has 0 bridgehead atoms. The number of hydrogen-bond donors (Lipinski definition) is 1. The van der Waals surface area contributed by atoms with Gasteiger partial charge in [0.15, 0.2) is 5.58 Å². The van der Waals surface area contributed by atoms with E-state index in [-0.39, 0.29) is 5.97 Å². The van der Waals surface area contributed by atoms with Gasteiger partial charge in [-0.05, 0) is 50.7 Å². The first-order valence-corrected chi connectivity index (χ1v) is 6.16. The molecule has 4 nitrogen and oxygen atoms in total. The van der Waals surface area contributed by atoms with Crippen LogP contribution in [-0.4, -0.2) is 17.6 Å². The molecule has 1 aromatic carbocycles. The van der Waals surface area contributed by atoms with Crippen LogP contribution in [0.2, 0.25) is 0 Å². The van der Waals surface area contributed by atoms with Crippen molar-refractivity contribution < 1.29 is 13.9 Å². The van der Waals surface area contributed by atoms with Crippen LogP contribution in [0, 0.1) is 4.84 Å². The molecule has 0 aliphatic heterocycles. The molecule has 0 amide bonds. The van der Waals surface area contributed by atoms with E-state index in [2.05, 4.69) is 4.98 Å². The van der Waals surface area contributed by atoms with Crippen LogP contribution in [0.3, 0.4) is 0 Å². The van der Waals surface area contributed by atoms with Gasteiger partial charge in [0.25, 0.3) is 4.84 Å². The Morgan fingerprint density at radius 2 is 2.22 bits per heavy atom. The molecule has 2 aromatic rings. The zero-order valence-electron chi connectivity index (χ0n) is 10.6. The summed E-state index contributed by atoms with van der Waals surface area (Å²) >= 11 is 4.93. The lowest BCUT2D eigenvalue weighted by Gasteiger charge is -2.22. The van der Waals surface area contributed by atoms with Crippen molar-refractivity contribution in [3.63, 3.8) is 0 Å². The number of hydrogen-bond acceptors (Lipinski definition) is 4. The second-order valence-electron chi connectivity index (χ2n) is 4.57. The van der Waals surface area contributed by atoms with Crippen molar-refractivity contribution in [2.75, 3.05) is 6.61 Å². The quantitative estimate of drug-likeness (QED) is 0.683. The van der Waals surface area contributed by atoms with Gasteiger partial charge in [0, 0.05) is 0 Å². The van der Waals surface area contributed by atoms with Crippen LogP contribution in [0.4, 0.5) is 0 Å². The maximum absolute atomic E-state index is 11.9. The van der Waals surface area contributed by atoms with E-state index < -0.39 is 5.41 Å². The van der Waals surface area contributed by atoms with E-state index in [1.54, 1.807) is 6.92 Å². The number of aromatic amines is 1. The largest absolute Gasteiger partial charge is 0.465 e. The minimum atomic E-state index is -0.710. The standard InChI is InChI=1S/C13H15NO3S/c1-4-16-11(15)13(2,3)8-5-6-9-10(7-8)17-12(18)14-9/h5-7H,4H2,1-3H3,(H,14,18). The highest BCUT2D eigenvalue weighted by molar-refractivity contribution is 7.71. The predicted octanol–water partition coefficient (Wildman–Crippen LogP) is 3.33. The third kappa shape index (κ3) is 2.18. The van der Waals surface area contributed by atoms with Gasteiger partial charge in [-0.2, -0.15) is 0 Å². The smallest absolute Gasteiger partial charge is 0.315 e. The molecule has 0 aliphatic rings. The molecular formula is C13H15NO3S. The number of benzene rings is 1. The highest BCUT2D eigenvalue weighted by atomic mass is 32.1. The fraction of sp³-hybridized carbons (Fsp3) is 0.385. The second kappa shape index (κ2) is 4.57. The van der Waals surface area contributed by atoms with E-state index >= 15 is 0 Å². The summed E-state index contributed by atoms with van der Waals surface area (Å²) in [5.41, 5.74) is 1.60. The molecule has 96 valence electrons. The highest BCUT2D eigenvalue weighted by Gasteiger charge is 2.31. The van der Waals surface area contributed by atoms with Crippen LogP contribution in [0.25, 0.3) is 11.1 Å². The molecule has 2 rings (SSSR count). The summed E-state index contributed by atoms with van der Waals surface area (Å²) in [6.07, 6.45) is 0. The van der Waals surface area contributed by atoms with Crippen LogP contribution < -0.4 is 0 Å². The first kappa shape index (κ1) is 12.8. The maximum Gasteiger partial charge on any atom is 0.315 e. The van der Waals surface area contributed by atoms with Crippen LogP contribution in [0.1, 0.15) is 26.3 Å². The zero-order chi connectivity index (χ0) is 13.3. The van der Waals surface area contributed by atoms with Gasteiger partial charge in [0.1, 0.15) is 0 Å². The lowest BCUT2D eigenvalue weighted by Crippen LogP contribution is -2.31. The molecule has 1 heterocycles. The lowest BCUT2D eigenvalue weighted by molar-refractivity contribution is -0.148. The van der Waals surface area contributed by atoms with Crippen LogP contribution in [0.15, 0.2) is 22.6 Å². The summed E-state index contributed by atoms with van der Waals surface area (Å²) in [6.45, 7) is 5.82. The Morgan fingerprint density at radius 1 is 1.50 bits per heavy atom. The van der Waals surface area contributed by atoms with Crippen molar-refractivity contribution in [3.05, 3.63) is 28.6 Å². The third-order valence-corrected chi connectivity index (χ3v) is 3.11. The first-order chi connectivity index (χ1) is 8.45. The van der Waals surface area contributed by atoms with Gasteiger partial charge in [0.2, 0.25) is 0 Å². The van der Waals surface area contributed by atoms with Gasteiger partial charge in [0.05, 0.1) is 17.5 Å². The summed E-state index contributed by atoms with van der Waals surface area (Å²) in [7, 11) is 0. The average molecular weight is 265 g/mol. The number of carbonyl (C=O) groups excluding carboxylic acids is 1. The number of rotatable bonds is 3. The number of carbonyl (C=O) groups is 1. The Balaban J connectivity index is 2.46. The molecule has 1 aromatic heterocycles. The summed E-state index contributed by atoms with van der Waals surface area (Å²) < 4.78 is 10.4. The molecule has 18 heavy (non-hydrogen) atoms. The Labute approximate surface area is 110 Å². The van der Waals surface area contributed by atoms with Crippen molar-refractivity contribution in [1.29, 1.82) is 0 Å². The first-order valence-electron chi connectivity index (χ1n) is 5.75. The molecule has 0 spiro atoms. The second-order valence-corrected chi connectivity index (χ2v) is 4.94. The fourth-order valence-electron chi connectivity index (χ4n) is 1.76. The van der Waals surface area contributed by atoms with Gasteiger partial charge >= 0.3 is 5.97 Å². The van der Waals surface area contributed by atoms with Crippen LogP contribution in [-0.2, 0) is 14.9 Å². The normalized spacial score (nSPS) is 11.7. The molecule has 5 heteroatoms. The molecule has 0 radical (unpaired) electrons. The summed E-state index contributed by atoms with van der Waals surface area (Å²) in [4.78, 5) is 15.2. The summed E-state index contributed by atoms with van der Waals surface area (Å²) in [5, 5.41) is 0. The SMILES string of the molecule is CCOC(=O)C(C)(C)c1ccc2[nH]c(=S)oc2c1. The number of nitrogens with one attached hydrogen (secondary N) is 1. The molecule has 0 saturated carbocycles. The van der Waals surface area contributed by atoms with Crippen molar-refractivity contribution in [3.8, 4) is 0 Å². The molecule has 0 aliphatic carbocycles. The molecule has 0 unspecified atom stereocenters. The number of oxazole rings is 1. The van der Waals surface area contributed by atoms with E-state index in [9.17, 15) is 4.79 Å². The lowest BCUT2D eigenvalue weighted by atomic mass is 9.84. The predicted molar refractivity (Wildman–Crippen MR) is 71.1 cm³/mol. The van der Waals surface area contributed by atoms with Crippen molar-refractivity contribution in [2.24, 2.45) is 0 Å². The average Bonchev–Trinajstić information content (AvgIpc) is 2.68. The topological polar surface area (TPSA) is 55.2 Å². The summed E-state index contributed by atoms with van der Waals surface area (Å²) in [5.74, 6) is -0.251. The molecule has 1 N–H and O–H groups in total. The van der Waals surface area contributed by atoms with E-state index in [1.807, 2.05) is 32.0 Å². The number of esters is 1. The number of ether oxygens (including phenoxy) is 1. The van der Waals surface area contributed by atoms with E-state index in [0.29, 0.717) is 17.0 Å². The van der Waals surface area contributed by atoms with Gasteiger partial charge < -0.3 is 14.1 Å². The monoisotopic (exact) mass is 265 g/mol. The van der Waals surface area contributed by atoms with Crippen LogP contribution >= 0.6 is 12.2 Å². The van der Waals surface area contributed by atoms with Gasteiger partial charge in [-0.15, -0.1) is 0 Å². The molecule has 0 atom stereocenters. The minimum absolute atomic E-state index is 0.251. The number of H-pyrrole nitrogens is 1. The van der Waals surface area contributed by atoms with E-state index in [4.69, 9.17) is 21.4 Å². The molecule has 0 saturated heterocycles. The zero-order valence-corrected chi connectivity index (χ0v) is 11.4. The molecule has 0 fully saturated rings. The number of aromatic nitrogens is 1. The van der Waals surface area contributed by atoms with Gasteiger partial charge in [-0.25, -0.2) is 0 Å². The van der Waals surface area contributed by atoms with Crippen molar-refractivity contribution in [1.82, 2.24) is 4.98 Å². The Hall–Kier alpha value is -1.62. The van der Waals surface area contributed by atoms with Crippen molar-refractivity contribution >= 4 is 29.3 Å². The molecular weight excluding hydrogens is 250 g/mol. The fourth-order valence-corrected chi connectivity index (χ4v) is 1.96.